The number of anilines is 1. The van der Waals surface area contributed by atoms with Gasteiger partial charge in [0.15, 0.2) is 0 Å². The Labute approximate surface area is 204 Å². The fraction of sp³-hybridized carbons (Fsp3) is 0.240. The number of piperazine rings is 1. The van der Waals surface area contributed by atoms with Crippen LogP contribution in [0.4, 0.5) is 11.4 Å². The van der Waals surface area contributed by atoms with Gasteiger partial charge >= 0.3 is 0 Å². The van der Waals surface area contributed by atoms with Gasteiger partial charge < -0.3 is 5.32 Å². The molecule has 3 aromatic rings. The normalized spacial score (nSPS) is 15.0. The SMILES string of the molecule is Cc1ccc(NC(=O)c2cccc(S(=O)(=O)N3CCN(Cc4ccccc4)CC3)c2)cc1[N+](=O)[O-]. The van der Waals surface area contributed by atoms with Crippen LogP contribution in [0.5, 0.6) is 0 Å². The molecule has 9 nitrogen and oxygen atoms in total. The lowest BCUT2D eigenvalue weighted by atomic mass is 10.1. The van der Waals surface area contributed by atoms with Gasteiger partial charge in [0, 0.05) is 55.6 Å². The van der Waals surface area contributed by atoms with Crippen LogP contribution in [0, 0.1) is 17.0 Å². The van der Waals surface area contributed by atoms with Gasteiger partial charge in [-0.2, -0.15) is 4.31 Å². The third-order valence-electron chi connectivity index (χ3n) is 5.98. The van der Waals surface area contributed by atoms with Gasteiger partial charge in [-0.25, -0.2) is 8.42 Å². The molecule has 0 aliphatic carbocycles. The number of nitrogens with zero attached hydrogens (tertiary/aromatic N) is 3. The highest BCUT2D eigenvalue weighted by molar-refractivity contribution is 7.89. The van der Waals surface area contributed by atoms with E-state index in [0.717, 1.165) is 6.54 Å². The predicted molar refractivity (Wildman–Crippen MR) is 133 cm³/mol. The van der Waals surface area contributed by atoms with Crippen LogP contribution in [0.2, 0.25) is 0 Å². The highest BCUT2D eigenvalue weighted by atomic mass is 32.2. The van der Waals surface area contributed by atoms with Crippen molar-refractivity contribution >= 4 is 27.3 Å². The molecule has 1 heterocycles. The molecular formula is C25H26N4O5S. The lowest BCUT2D eigenvalue weighted by Crippen LogP contribution is -2.48. The number of nitro groups is 1. The first-order valence-electron chi connectivity index (χ1n) is 11.2. The monoisotopic (exact) mass is 494 g/mol. The molecule has 1 amide bonds. The minimum absolute atomic E-state index is 0.0385. The summed E-state index contributed by atoms with van der Waals surface area (Å²) in [6.45, 7) is 4.32. The van der Waals surface area contributed by atoms with Crippen LogP contribution in [0.25, 0.3) is 0 Å². The number of amides is 1. The van der Waals surface area contributed by atoms with Crippen LogP contribution < -0.4 is 5.32 Å². The average molecular weight is 495 g/mol. The zero-order chi connectivity index (χ0) is 25.0. The van der Waals surface area contributed by atoms with Gasteiger partial charge in [0.2, 0.25) is 10.0 Å². The Balaban J connectivity index is 1.44. The van der Waals surface area contributed by atoms with E-state index in [1.165, 1.54) is 40.2 Å². The maximum atomic E-state index is 13.2. The molecule has 0 atom stereocenters. The van der Waals surface area contributed by atoms with Gasteiger partial charge in [-0.3, -0.25) is 19.8 Å². The number of aryl methyl sites for hydroxylation is 1. The molecule has 0 saturated carbocycles. The van der Waals surface area contributed by atoms with Crippen molar-refractivity contribution in [1.82, 2.24) is 9.21 Å². The number of carbonyl (C=O) groups is 1. The minimum Gasteiger partial charge on any atom is -0.322 e. The summed E-state index contributed by atoms with van der Waals surface area (Å²) in [5.74, 6) is -0.548. The summed E-state index contributed by atoms with van der Waals surface area (Å²) in [6, 6.07) is 20.3. The van der Waals surface area contributed by atoms with E-state index >= 15 is 0 Å². The van der Waals surface area contributed by atoms with Gasteiger partial charge in [0.05, 0.1) is 9.82 Å². The quantitative estimate of drug-likeness (QED) is 0.396. The van der Waals surface area contributed by atoms with Crippen LogP contribution in [0.1, 0.15) is 21.5 Å². The molecule has 1 aliphatic rings. The fourth-order valence-electron chi connectivity index (χ4n) is 4.00. The van der Waals surface area contributed by atoms with E-state index in [1.807, 2.05) is 18.2 Å². The smallest absolute Gasteiger partial charge is 0.274 e. The minimum atomic E-state index is -3.77. The van der Waals surface area contributed by atoms with Gasteiger partial charge in [0.25, 0.3) is 11.6 Å². The van der Waals surface area contributed by atoms with Crippen LogP contribution in [-0.4, -0.2) is 54.6 Å². The largest absolute Gasteiger partial charge is 0.322 e. The summed E-state index contributed by atoms with van der Waals surface area (Å²) in [5, 5.41) is 13.8. The second kappa shape index (κ2) is 10.3. The van der Waals surface area contributed by atoms with E-state index in [0.29, 0.717) is 31.7 Å². The zero-order valence-corrected chi connectivity index (χ0v) is 20.1. The van der Waals surface area contributed by atoms with Gasteiger partial charge in [0.1, 0.15) is 0 Å². The Morgan fingerprint density at radius 3 is 2.37 bits per heavy atom. The Kier molecular flexibility index (Phi) is 7.25. The number of hydrogen-bond acceptors (Lipinski definition) is 6. The molecule has 0 bridgehead atoms. The molecule has 1 saturated heterocycles. The third-order valence-corrected chi connectivity index (χ3v) is 7.87. The maximum Gasteiger partial charge on any atom is 0.274 e. The molecule has 1 N–H and O–H groups in total. The van der Waals surface area contributed by atoms with E-state index in [2.05, 4.69) is 22.3 Å². The highest BCUT2D eigenvalue weighted by Crippen LogP contribution is 2.24. The summed E-state index contributed by atoms with van der Waals surface area (Å²) >= 11 is 0. The Bertz CT molecular complexity index is 1340. The number of rotatable bonds is 7. The molecule has 10 heteroatoms. The second-order valence-electron chi connectivity index (χ2n) is 8.41. The number of carbonyl (C=O) groups excluding carboxylic acids is 1. The lowest BCUT2D eigenvalue weighted by molar-refractivity contribution is -0.385. The third kappa shape index (κ3) is 5.73. The van der Waals surface area contributed by atoms with Crippen molar-refractivity contribution in [3.8, 4) is 0 Å². The molecule has 35 heavy (non-hydrogen) atoms. The lowest BCUT2D eigenvalue weighted by Gasteiger charge is -2.34. The molecule has 0 unspecified atom stereocenters. The standard InChI is InChI=1S/C25H26N4O5S/c1-19-10-11-22(17-24(19)29(31)32)26-25(30)21-8-5-9-23(16-21)35(33,34)28-14-12-27(13-15-28)18-20-6-3-2-4-7-20/h2-11,16-17H,12-15,18H2,1H3,(H,26,30). The van der Waals surface area contributed by atoms with Crippen molar-refractivity contribution in [2.75, 3.05) is 31.5 Å². The molecule has 0 spiro atoms. The molecule has 0 aromatic heterocycles. The van der Waals surface area contributed by atoms with Gasteiger partial charge in [-0.15, -0.1) is 0 Å². The molecule has 182 valence electrons. The Hall–Kier alpha value is -3.60. The molecule has 0 radical (unpaired) electrons. The van der Waals surface area contributed by atoms with Crippen molar-refractivity contribution in [3.63, 3.8) is 0 Å². The van der Waals surface area contributed by atoms with Crippen LogP contribution in [-0.2, 0) is 16.6 Å². The Morgan fingerprint density at radius 2 is 1.69 bits per heavy atom. The summed E-state index contributed by atoms with van der Waals surface area (Å²) in [6.07, 6.45) is 0. The zero-order valence-electron chi connectivity index (χ0n) is 19.3. The van der Waals surface area contributed by atoms with Crippen molar-refractivity contribution in [3.05, 3.63) is 99.6 Å². The van der Waals surface area contributed by atoms with Crippen molar-refractivity contribution < 1.29 is 18.1 Å². The van der Waals surface area contributed by atoms with Crippen LogP contribution in [0.3, 0.4) is 0 Å². The molecule has 1 aliphatic heterocycles. The summed E-state index contributed by atoms with van der Waals surface area (Å²) in [7, 11) is -3.77. The van der Waals surface area contributed by atoms with Crippen LogP contribution >= 0.6 is 0 Å². The molecular weight excluding hydrogens is 468 g/mol. The second-order valence-corrected chi connectivity index (χ2v) is 10.3. The van der Waals surface area contributed by atoms with E-state index in [9.17, 15) is 23.3 Å². The number of sulfonamides is 1. The highest BCUT2D eigenvalue weighted by Gasteiger charge is 2.29. The number of nitrogens with one attached hydrogen (secondary N) is 1. The average Bonchev–Trinajstić information content (AvgIpc) is 2.86. The first-order chi connectivity index (χ1) is 16.7. The molecule has 4 rings (SSSR count). The van der Waals surface area contributed by atoms with E-state index < -0.39 is 20.9 Å². The van der Waals surface area contributed by atoms with Crippen molar-refractivity contribution in [1.29, 1.82) is 0 Å². The molecule has 3 aromatic carbocycles. The van der Waals surface area contributed by atoms with Crippen molar-refractivity contribution in [2.45, 2.75) is 18.4 Å². The first kappa shape index (κ1) is 24.5. The van der Waals surface area contributed by atoms with E-state index in [4.69, 9.17) is 0 Å². The van der Waals surface area contributed by atoms with Crippen LogP contribution in [0.15, 0.2) is 77.7 Å². The fourth-order valence-corrected chi connectivity index (χ4v) is 5.47. The number of benzene rings is 3. The van der Waals surface area contributed by atoms with Gasteiger partial charge in [-0.05, 0) is 36.8 Å². The topological polar surface area (TPSA) is 113 Å². The number of nitro benzene ring substituents is 1. The van der Waals surface area contributed by atoms with E-state index in [1.54, 1.807) is 19.1 Å². The summed E-state index contributed by atoms with van der Waals surface area (Å²) in [4.78, 5) is 25.7. The summed E-state index contributed by atoms with van der Waals surface area (Å²) in [5.41, 5.74) is 1.96. The summed E-state index contributed by atoms with van der Waals surface area (Å²) < 4.78 is 27.9. The maximum absolute atomic E-state index is 13.2. The first-order valence-corrected chi connectivity index (χ1v) is 12.6. The Morgan fingerprint density at radius 1 is 0.971 bits per heavy atom. The van der Waals surface area contributed by atoms with E-state index in [-0.39, 0.29) is 21.8 Å². The van der Waals surface area contributed by atoms with Crippen molar-refractivity contribution in [2.24, 2.45) is 0 Å². The molecule has 1 fully saturated rings. The predicted octanol–water partition coefficient (Wildman–Crippen LogP) is 3.66. The van der Waals surface area contributed by atoms with Gasteiger partial charge in [-0.1, -0.05) is 42.5 Å². The number of hydrogen-bond donors (Lipinski definition) is 1.